The topological polar surface area (TPSA) is 18.5 Å². The van der Waals surface area contributed by atoms with Gasteiger partial charge in [0, 0.05) is 38.6 Å². The fourth-order valence-electron chi connectivity index (χ4n) is 3.28. The standard InChI is InChI=1S/C19H23O2P.W/c1-10-7-12(3)18-16(14(10)5)9-17-15(6)11(2)8-13(4)19(17)21-22-20-18;/h7-8,22H,9H2,1-6H3;. The first kappa shape index (κ1) is 18.5. The maximum Gasteiger partial charge on any atom is 0.275 e. The summed E-state index contributed by atoms with van der Waals surface area (Å²) in [4.78, 5) is 0. The Kier molecular flexibility index (Phi) is 5.59. The van der Waals surface area contributed by atoms with Crippen molar-refractivity contribution >= 4 is 9.03 Å². The molecule has 2 aromatic carbocycles. The molecule has 0 spiro atoms. The van der Waals surface area contributed by atoms with E-state index >= 15 is 0 Å². The molecule has 4 heteroatoms. The molecule has 0 saturated carbocycles. The second kappa shape index (κ2) is 6.96. The van der Waals surface area contributed by atoms with Crippen molar-refractivity contribution in [1.82, 2.24) is 0 Å². The van der Waals surface area contributed by atoms with Crippen molar-refractivity contribution in [2.45, 2.75) is 48.0 Å². The van der Waals surface area contributed by atoms with Crippen LogP contribution in [0.5, 0.6) is 11.5 Å². The molecule has 0 amide bonds. The minimum absolute atomic E-state index is 0. The van der Waals surface area contributed by atoms with Crippen LogP contribution in [0.2, 0.25) is 0 Å². The molecule has 0 aromatic heterocycles. The van der Waals surface area contributed by atoms with Gasteiger partial charge in [-0.05, 0) is 74.9 Å². The third-order valence-electron chi connectivity index (χ3n) is 4.86. The summed E-state index contributed by atoms with van der Waals surface area (Å²) in [6.45, 7) is 13.0. The molecule has 0 N–H and O–H groups in total. The Morgan fingerprint density at radius 2 is 1.09 bits per heavy atom. The van der Waals surface area contributed by atoms with E-state index in [1.165, 1.54) is 44.5 Å². The number of benzene rings is 2. The Morgan fingerprint density at radius 3 is 1.48 bits per heavy atom. The molecule has 0 bridgehead atoms. The second-order valence-corrected chi connectivity index (χ2v) is 6.93. The van der Waals surface area contributed by atoms with Crippen molar-refractivity contribution in [3.63, 3.8) is 0 Å². The van der Waals surface area contributed by atoms with E-state index in [1.807, 2.05) is 0 Å². The minimum Gasteiger partial charge on any atom is -0.440 e. The smallest absolute Gasteiger partial charge is 0.275 e. The van der Waals surface area contributed by atoms with Crippen LogP contribution in [0.3, 0.4) is 0 Å². The summed E-state index contributed by atoms with van der Waals surface area (Å²) in [7, 11) is 0.00339. The molecule has 0 radical (unpaired) electrons. The van der Waals surface area contributed by atoms with Crippen molar-refractivity contribution < 1.29 is 30.1 Å². The summed E-state index contributed by atoms with van der Waals surface area (Å²) in [5.41, 5.74) is 10.3. The van der Waals surface area contributed by atoms with Gasteiger partial charge >= 0.3 is 0 Å². The van der Waals surface area contributed by atoms with Crippen molar-refractivity contribution in [2.75, 3.05) is 0 Å². The minimum atomic E-state index is 0. The Morgan fingerprint density at radius 1 is 0.696 bits per heavy atom. The van der Waals surface area contributed by atoms with E-state index in [4.69, 9.17) is 9.05 Å². The zero-order valence-corrected chi connectivity index (χ0v) is 18.5. The summed E-state index contributed by atoms with van der Waals surface area (Å²) in [6.07, 6.45) is 0.873. The third kappa shape index (κ3) is 3.21. The second-order valence-electron chi connectivity index (χ2n) is 6.35. The van der Waals surface area contributed by atoms with Crippen LogP contribution in [-0.4, -0.2) is 0 Å². The fourth-order valence-corrected chi connectivity index (χ4v) is 4.06. The maximum absolute atomic E-state index is 5.98. The fraction of sp³-hybridized carbons (Fsp3) is 0.368. The largest absolute Gasteiger partial charge is 0.440 e. The molecule has 2 nitrogen and oxygen atoms in total. The van der Waals surface area contributed by atoms with Gasteiger partial charge in [-0.1, -0.05) is 12.1 Å². The molecule has 0 unspecified atom stereocenters. The van der Waals surface area contributed by atoms with E-state index in [0.717, 1.165) is 17.9 Å². The zero-order valence-electron chi connectivity index (χ0n) is 14.6. The van der Waals surface area contributed by atoms with E-state index in [-0.39, 0.29) is 30.1 Å². The SMILES string of the molecule is Cc1cc(C)c2c(c1C)Cc1c(C)c(C)cc(C)c1OPO2.[W]. The Balaban J connectivity index is 0.00000192. The molecule has 0 saturated heterocycles. The van der Waals surface area contributed by atoms with E-state index in [9.17, 15) is 0 Å². The van der Waals surface area contributed by atoms with Gasteiger partial charge in [0.15, 0.2) is 0 Å². The van der Waals surface area contributed by atoms with Crippen LogP contribution in [-0.2, 0) is 27.5 Å². The van der Waals surface area contributed by atoms with Gasteiger partial charge in [-0.3, -0.25) is 0 Å². The molecule has 2 aromatic rings. The van der Waals surface area contributed by atoms with Gasteiger partial charge in [-0.25, -0.2) is 0 Å². The van der Waals surface area contributed by atoms with E-state index in [2.05, 4.69) is 53.7 Å². The van der Waals surface area contributed by atoms with E-state index in [0.29, 0.717) is 0 Å². The monoisotopic (exact) mass is 498 g/mol. The summed E-state index contributed by atoms with van der Waals surface area (Å²) >= 11 is 0. The Hall–Kier alpha value is -0.842. The average molecular weight is 498 g/mol. The Labute approximate surface area is 155 Å². The van der Waals surface area contributed by atoms with Gasteiger partial charge in [0.2, 0.25) is 0 Å². The first-order chi connectivity index (χ1) is 10.4. The number of hydrogen-bond donors (Lipinski definition) is 0. The van der Waals surface area contributed by atoms with Gasteiger partial charge in [-0.2, -0.15) is 0 Å². The van der Waals surface area contributed by atoms with Crippen LogP contribution in [0.1, 0.15) is 44.5 Å². The normalized spacial score (nSPS) is 12.8. The predicted molar refractivity (Wildman–Crippen MR) is 93.7 cm³/mol. The van der Waals surface area contributed by atoms with Crippen molar-refractivity contribution in [3.8, 4) is 11.5 Å². The zero-order chi connectivity index (χ0) is 16.0. The van der Waals surface area contributed by atoms with E-state index in [1.54, 1.807) is 0 Å². The predicted octanol–water partition coefficient (Wildman–Crippen LogP) is 5.41. The van der Waals surface area contributed by atoms with Gasteiger partial charge in [0.05, 0.1) is 0 Å². The van der Waals surface area contributed by atoms with Crippen LogP contribution in [0.15, 0.2) is 12.1 Å². The number of hydrogen-bond acceptors (Lipinski definition) is 2. The molecule has 23 heavy (non-hydrogen) atoms. The van der Waals surface area contributed by atoms with Gasteiger partial charge in [0.1, 0.15) is 11.5 Å². The van der Waals surface area contributed by atoms with Crippen molar-refractivity contribution in [3.05, 3.63) is 56.6 Å². The molecule has 1 heterocycles. The molecule has 122 valence electrons. The van der Waals surface area contributed by atoms with Crippen LogP contribution in [0.25, 0.3) is 0 Å². The number of aryl methyl sites for hydroxylation is 4. The van der Waals surface area contributed by atoms with Gasteiger partial charge < -0.3 is 9.05 Å². The van der Waals surface area contributed by atoms with Gasteiger partial charge in [-0.15, -0.1) is 0 Å². The molecule has 0 aliphatic carbocycles. The van der Waals surface area contributed by atoms with Crippen LogP contribution < -0.4 is 9.05 Å². The molecule has 1 aliphatic rings. The van der Waals surface area contributed by atoms with Crippen molar-refractivity contribution in [1.29, 1.82) is 0 Å². The third-order valence-corrected chi connectivity index (χ3v) is 5.43. The molecule has 3 rings (SSSR count). The number of fused-ring (bicyclic) bond motifs is 2. The number of rotatable bonds is 0. The van der Waals surface area contributed by atoms with Gasteiger partial charge in [0.25, 0.3) is 9.03 Å². The molecule has 1 aliphatic heterocycles. The maximum atomic E-state index is 5.98. The van der Waals surface area contributed by atoms with E-state index < -0.39 is 0 Å². The molecule has 0 fully saturated rings. The summed E-state index contributed by atoms with van der Waals surface area (Å²) in [6, 6.07) is 4.41. The quantitative estimate of drug-likeness (QED) is 0.453. The summed E-state index contributed by atoms with van der Waals surface area (Å²) < 4.78 is 12.0. The van der Waals surface area contributed by atoms with Crippen LogP contribution >= 0.6 is 9.03 Å². The summed E-state index contributed by atoms with van der Waals surface area (Å²) in [5.74, 6) is 2.01. The van der Waals surface area contributed by atoms with Crippen LogP contribution in [0, 0.1) is 41.5 Å². The Bertz CT molecular complexity index is 705. The molecular formula is C19H23O2PW. The average Bonchev–Trinajstić information content (AvgIpc) is 2.43. The summed E-state index contributed by atoms with van der Waals surface area (Å²) in [5, 5.41) is 0. The molecule has 0 atom stereocenters. The van der Waals surface area contributed by atoms with Crippen molar-refractivity contribution in [2.24, 2.45) is 0 Å². The molecular weight excluding hydrogens is 475 g/mol. The first-order valence-corrected chi connectivity index (χ1v) is 8.49. The first-order valence-electron chi connectivity index (χ1n) is 7.68. The van der Waals surface area contributed by atoms with Crippen LogP contribution in [0.4, 0.5) is 0 Å².